The van der Waals surface area contributed by atoms with Crippen molar-refractivity contribution >= 4 is 40.6 Å². The van der Waals surface area contributed by atoms with Gasteiger partial charge in [-0.2, -0.15) is 0 Å². The van der Waals surface area contributed by atoms with E-state index >= 15 is 0 Å². The Labute approximate surface area is 189 Å². The quantitative estimate of drug-likeness (QED) is 0.578. The summed E-state index contributed by atoms with van der Waals surface area (Å²) >= 11 is 0.732. The number of ether oxygens (including phenoxy) is 2. The highest BCUT2D eigenvalue weighted by Gasteiger charge is 2.36. The van der Waals surface area contributed by atoms with Gasteiger partial charge in [-0.05, 0) is 61.0 Å². The van der Waals surface area contributed by atoms with E-state index in [0.29, 0.717) is 17.1 Å². The lowest BCUT2D eigenvalue weighted by Gasteiger charge is -2.15. The summed E-state index contributed by atoms with van der Waals surface area (Å²) in [4.78, 5) is 38.2. The first kappa shape index (κ1) is 23.3. The molecular formula is C23H23FN2O5S. The van der Waals surface area contributed by atoms with Crippen LogP contribution in [0.25, 0.3) is 6.08 Å². The van der Waals surface area contributed by atoms with E-state index in [1.54, 1.807) is 30.3 Å². The Hall–Kier alpha value is -3.33. The van der Waals surface area contributed by atoms with Crippen LogP contribution in [0, 0.1) is 5.82 Å². The molecule has 0 aromatic heterocycles. The highest BCUT2D eigenvalue weighted by molar-refractivity contribution is 8.18. The minimum absolute atomic E-state index is 0.0155. The first-order valence-corrected chi connectivity index (χ1v) is 10.8. The monoisotopic (exact) mass is 458 g/mol. The fourth-order valence-corrected chi connectivity index (χ4v) is 3.69. The first-order chi connectivity index (χ1) is 15.3. The standard InChI is InChI=1S/C23H23FN2O5S/c1-4-14(2)31-18-10-9-15(11-19(18)30-3)12-20-22(28)26(23(29)32-20)13-21(27)25-17-8-6-5-7-16(17)24/h5-12,14H,4,13H2,1-3H3,(H,25,27)/b20-12-/t14-/m0/s1. The minimum Gasteiger partial charge on any atom is -0.493 e. The SMILES string of the molecule is CC[C@H](C)Oc1ccc(/C=C2\SC(=O)N(CC(=O)Nc3ccccc3F)C2=O)cc1OC. The van der Waals surface area contributed by atoms with Gasteiger partial charge in [-0.15, -0.1) is 0 Å². The van der Waals surface area contributed by atoms with Crippen molar-refractivity contribution in [3.05, 3.63) is 58.8 Å². The average molecular weight is 459 g/mol. The van der Waals surface area contributed by atoms with Gasteiger partial charge in [-0.3, -0.25) is 19.3 Å². The van der Waals surface area contributed by atoms with Crippen LogP contribution in [0.15, 0.2) is 47.4 Å². The van der Waals surface area contributed by atoms with Crippen LogP contribution >= 0.6 is 11.8 Å². The summed E-state index contributed by atoms with van der Waals surface area (Å²) in [6.45, 7) is 3.45. The van der Waals surface area contributed by atoms with Crippen molar-refractivity contribution in [3.8, 4) is 11.5 Å². The van der Waals surface area contributed by atoms with Gasteiger partial charge in [0.15, 0.2) is 11.5 Å². The van der Waals surface area contributed by atoms with Crippen molar-refractivity contribution in [2.45, 2.75) is 26.4 Å². The zero-order valence-corrected chi connectivity index (χ0v) is 18.7. The van der Waals surface area contributed by atoms with Crippen LogP contribution in [-0.2, 0) is 9.59 Å². The molecule has 1 aliphatic heterocycles. The van der Waals surface area contributed by atoms with Crippen LogP contribution < -0.4 is 14.8 Å². The lowest BCUT2D eigenvalue weighted by atomic mass is 10.1. The van der Waals surface area contributed by atoms with Crippen molar-refractivity contribution < 1.29 is 28.2 Å². The molecule has 0 aliphatic carbocycles. The molecule has 1 N–H and O–H groups in total. The van der Waals surface area contributed by atoms with Gasteiger partial charge in [0.25, 0.3) is 11.1 Å². The van der Waals surface area contributed by atoms with E-state index in [1.807, 2.05) is 13.8 Å². The van der Waals surface area contributed by atoms with Gasteiger partial charge in [0.2, 0.25) is 5.91 Å². The summed E-state index contributed by atoms with van der Waals surface area (Å²) in [6.07, 6.45) is 2.40. The fraction of sp³-hybridized carbons (Fsp3) is 0.261. The molecule has 7 nitrogen and oxygen atoms in total. The number of hydrogen-bond donors (Lipinski definition) is 1. The molecular weight excluding hydrogens is 435 g/mol. The number of benzene rings is 2. The number of carbonyl (C=O) groups excluding carboxylic acids is 3. The first-order valence-electron chi connectivity index (χ1n) is 9.96. The maximum absolute atomic E-state index is 13.7. The van der Waals surface area contributed by atoms with Gasteiger partial charge in [0.05, 0.1) is 23.8 Å². The Morgan fingerprint density at radius 2 is 1.97 bits per heavy atom. The molecule has 1 saturated heterocycles. The van der Waals surface area contributed by atoms with Gasteiger partial charge in [0.1, 0.15) is 12.4 Å². The van der Waals surface area contributed by atoms with Gasteiger partial charge >= 0.3 is 0 Å². The van der Waals surface area contributed by atoms with Crippen LogP contribution in [0.2, 0.25) is 0 Å². The normalized spacial score (nSPS) is 15.8. The number of imide groups is 1. The second-order valence-electron chi connectivity index (χ2n) is 7.04. The number of halogens is 1. The van der Waals surface area contributed by atoms with E-state index in [1.165, 1.54) is 25.3 Å². The highest BCUT2D eigenvalue weighted by Crippen LogP contribution is 2.35. The smallest absolute Gasteiger partial charge is 0.294 e. The van der Waals surface area contributed by atoms with Crippen molar-refractivity contribution in [2.24, 2.45) is 0 Å². The summed E-state index contributed by atoms with van der Waals surface area (Å²) in [7, 11) is 1.52. The topological polar surface area (TPSA) is 84.9 Å². The van der Waals surface area contributed by atoms with Crippen LogP contribution in [0.5, 0.6) is 11.5 Å². The minimum atomic E-state index is -0.674. The Kier molecular flexibility index (Phi) is 7.53. The van der Waals surface area contributed by atoms with E-state index in [9.17, 15) is 18.8 Å². The number of anilines is 1. The summed E-state index contributed by atoms with van der Waals surface area (Å²) < 4.78 is 24.9. The molecule has 1 fully saturated rings. The fourth-order valence-electron chi connectivity index (χ4n) is 2.85. The predicted octanol–water partition coefficient (Wildman–Crippen LogP) is 4.69. The maximum atomic E-state index is 13.7. The second-order valence-corrected chi connectivity index (χ2v) is 8.04. The number of hydrogen-bond acceptors (Lipinski definition) is 6. The van der Waals surface area contributed by atoms with Gasteiger partial charge in [-0.1, -0.05) is 25.1 Å². The Morgan fingerprint density at radius 1 is 1.22 bits per heavy atom. The number of para-hydroxylation sites is 1. The third-order valence-corrected chi connectivity index (χ3v) is 5.62. The third-order valence-electron chi connectivity index (χ3n) is 4.71. The lowest BCUT2D eigenvalue weighted by molar-refractivity contribution is -0.127. The zero-order valence-electron chi connectivity index (χ0n) is 17.9. The van der Waals surface area contributed by atoms with Crippen LogP contribution in [0.4, 0.5) is 14.9 Å². The number of rotatable bonds is 8. The van der Waals surface area contributed by atoms with Crippen LogP contribution in [-0.4, -0.2) is 41.7 Å². The van der Waals surface area contributed by atoms with Gasteiger partial charge in [-0.25, -0.2) is 4.39 Å². The lowest BCUT2D eigenvalue weighted by Crippen LogP contribution is -2.36. The number of nitrogens with one attached hydrogen (secondary N) is 1. The molecule has 1 heterocycles. The number of methoxy groups -OCH3 is 1. The van der Waals surface area contributed by atoms with E-state index < -0.39 is 29.4 Å². The molecule has 1 aliphatic rings. The van der Waals surface area contributed by atoms with Gasteiger partial charge in [0, 0.05) is 0 Å². The Balaban J connectivity index is 1.72. The van der Waals surface area contributed by atoms with Crippen molar-refractivity contribution in [3.63, 3.8) is 0 Å². The number of amides is 3. The van der Waals surface area contributed by atoms with E-state index in [0.717, 1.165) is 23.1 Å². The predicted molar refractivity (Wildman–Crippen MR) is 121 cm³/mol. The largest absolute Gasteiger partial charge is 0.493 e. The molecule has 0 radical (unpaired) electrons. The van der Waals surface area contributed by atoms with E-state index in [-0.39, 0.29) is 16.7 Å². The summed E-state index contributed by atoms with van der Waals surface area (Å²) in [5.41, 5.74) is 0.617. The summed E-state index contributed by atoms with van der Waals surface area (Å²) in [6, 6.07) is 10.8. The van der Waals surface area contributed by atoms with Crippen LogP contribution in [0.3, 0.4) is 0 Å². The van der Waals surface area contributed by atoms with Crippen molar-refractivity contribution in [2.75, 3.05) is 19.0 Å². The molecule has 1 atom stereocenters. The second kappa shape index (κ2) is 10.3. The maximum Gasteiger partial charge on any atom is 0.294 e. The number of nitrogens with zero attached hydrogens (tertiary/aromatic N) is 1. The molecule has 2 aromatic rings. The highest BCUT2D eigenvalue weighted by atomic mass is 32.2. The average Bonchev–Trinajstić information content (AvgIpc) is 3.03. The number of thioether (sulfide) groups is 1. The summed E-state index contributed by atoms with van der Waals surface area (Å²) in [5, 5.41) is 1.79. The number of carbonyl (C=O) groups is 3. The zero-order chi connectivity index (χ0) is 23.3. The van der Waals surface area contributed by atoms with Gasteiger partial charge < -0.3 is 14.8 Å². The van der Waals surface area contributed by atoms with Crippen molar-refractivity contribution in [1.29, 1.82) is 0 Å². The molecule has 32 heavy (non-hydrogen) atoms. The molecule has 0 spiro atoms. The third kappa shape index (κ3) is 5.47. The Bertz CT molecular complexity index is 1070. The molecule has 3 rings (SSSR count). The van der Waals surface area contributed by atoms with Crippen molar-refractivity contribution in [1.82, 2.24) is 4.90 Å². The molecule has 9 heteroatoms. The molecule has 0 unspecified atom stereocenters. The molecule has 0 bridgehead atoms. The van der Waals surface area contributed by atoms with Crippen LogP contribution in [0.1, 0.15) is 25.8 Å². The Morgan fingerprint density at radius 3 is 2.66 bits per heavy atom. The molecule has 3 amide bonds. The van der Waals surface area contributed by atoms with E-state index in [2.05, 4.69) is 5.32 Å². The summed E-state index contributed by atoms with van der Waals surface area (Å²) in [5.74, 6) is -0.793. The molecule has 168 valence electrons. The molecule has 2 aromatic carbocycles. The van der Waals surface area contributed by atoms with E-state index in [4.69, 9.17) is 9.47 Å². The molecule has 0 saturated carbocycles.